The first-order valence-corrected chi connectivity index (χ1v) is 9.49. The number of amides is 1. The number of allylic oxidation sites excluding steroid dienone is 1. The third-order valence-corrected chi connectivity index (χ3v) is 5.32. The van der Waals surface area contributed by atoms with E-state index in [4.69, 9.17) is 9.47 Å². The maximum absolute atomic E-state index is 12.7. The molecule has 0 bridgehead atoms. The van der Waals surface area contributed by atoms with Gasteiger partial charge in [-0.1, -0.05) is 0 Å². The number of ether oxygens (including phenoxy) is 2. The van der Waals surface area contributed by atoms with Crippen molar-refractivity contribution in [1.29, 1.82) is 0 Å². The fraction of sp³-hybridized carbons (Fsp3) is 0.167. The molecule has 1 aromatic carbocycles. The summed E-state index contributed by atoms with van der Waals surface area (Å²) in [4.78, 5) is 16.6. The van der Waals surface area contributed by atoms with Crippen molar-refractivity contribution in [3.8, 4) is 11.5 Å². The summed E-state index contributed by atoms with van der Waals surface area (Å²) in [5, 5.41) is 2.62. The standard InChI is InChI=1S/C18H18N4O5S/c1-22-16(18(23)20-12-5-4-8-19-11-12)10-15(21-28(22,24)25)14-9-13(26-2)6-7-17(14)27-3/h4-11H,1-3H3,(H,20,23). The highest BCUT2D eigenvalue weighted by atomic mass is 32.2. The Morgan fingerprint density at radius 2 is 1.96 bits per heavy atom. The van der Waals surface area contributed by atoms with Gasteiger partial charge in [-0.3, -0.25) is 9.78 Å². The first-order valence-electron chi connectivity index (χ1n) is 8.10. The first kappa shape index (κ1) is 19.4. The fourth-order valence-corrected chi connectivity index (χ4v) is 3.44. The van der Waals surface area contributed by atoms with Gasteiger partial charge in [0.05, 0.1) is 31.8 Å². The molecule has 3 rings (SSSR count). The number of nitrogens with one attached hydrogen (secondary N) is 1. The van der Waals surface area contributed by atoms with Gasteiger partial charge < -0.3 is 14.8 Å². The van der Waals surface area contributed by atoms with E-state index in [9.17, 15) is 13.2 Å². The van der Waals surface area contributed by atoms with Crippen LogP contribution >= 0.6 is 0 Å². The number of likely N-dealkylation sites (N-methyl/N-ethyl adjacent to an activating group) is 1. The number of hydrogen-bond acceptors (Lipinski definition) is 6. The molecule has 1 aliphatic heterocycles. The Bertz CT molecular complexity index is 1060. The van der Waals surface area contributed by atoms with Crippen LogP contribution in [0.3, 0.4) is 0 Å². The predicted octanol–water partition coefficient (Wildman–Crippen LogP) is 1.60. The van der Waals surface area contributed by atoms with Crippen molar-refractivity contribution in [2.45, 2.75) is 0 Å². The average Bonchev–Trinajstić information content (AvgIpc) is 2.70. The van der Waals surface area contributed by atoms with E-state index in [1.807, 2.05) is 0 Å². The van der Waals surface area contributed by atoms with Crippen LogP contribution in [0.2, 0.25) is 0 Å². The minimum atomic E-state index is -4.11. The quantitative estimate of drug-likeness (QED) is 0.813. The van der Waals surface area contributed by atoms with Gasteiger partial charge in [0.2, 0.25) is 0 Å². The van der Waals surface area contributed by atoms with Gasteiger partial charge in [-0.2, -0.15) is 8.42 Å². The molecule has 10 heteroatoms. The summed E-state index contributed by atoms with van der Waals surface area (Å²) >= 11 is 0. The number of pyridine rings is 1. The number of hydrogen-bond donors (Lipinski definition) is 1. The average molecular weight is 402 g/mol. The number of nitrogens with zero attached hydrogens (tertiary/aromatic N) is 3. The highest BCUT2D eigenvalue weighted by Crippen LogP contribution is 2.28. The predicted molar refractivity (Wildman–Crippen MR) is 104 cm³/mol. The number of methoxy groups -OCH3 is 2. The molecule has 0 unspecified atom stereocenters. The SMILES string of the molecule is COc1ccc(OC)c(C2=NS(=O)(=O)N(C)C(C(=O)Nc3cccnc3)=C2)c1. The second-order valence-electron chi connectivity index (χ2n) is 5.71. The van der Waals surface area contributed by atoms with Crippen molar-refractivity contribution in [1.82, 2.24) is 9.29 Å². The number of benzene rings is 1. The summed E-state index contributed by atoms with van der Waals surface area (Å²) in [6.45, 7) is 0. The van der Waals surface area contributed by atoms with E-state index in [1.165, 1.54) is 33.5 Å². The van der Waals surface area contributed by atoms with Gasteiger partial charge in [-0.25, -0.2) is 4.31 Å². The summed E-state index contributed by atoms with van der Waals surface area (Å²) < 4.78 is 40.1. The summed E-state index contributed by atoms with van der Waals surface area (Å²) in [5.74, 6) is 0.264. The molecule has 9 nitrogen and oxygen atoms in total. The lowest BCUT2D eigenvalue weighted by atomic mass is 10.1. The van der Waals surface area contributed by atoms with Crippen LogP contribution in [-0.4, -0.2) is 50.6 Å². The Morgan fingerprint density at radius 1 is 1.18 bits per heavy atom. The van der Waals surface area contributed by atoms with E-state index in [0.29, 0.717) is 22.7 Å². The zero-order chi connectivity index (χ0) is 20.3. The van der Waals surface area contributed by atoms with Crippen LogP contribution in [0, 0.1) is 0 Å². The van der Waals surface area contributed by atoms with E-state index >= 15 is 0 Å². The van der Waals surface area contributed by atoms with E-state index < -0.39 is 16.1 Å². The first-order chi connectivity index (χ1) is 13.4. The molecule has 1 aromatic heterocycles. The van der Waals surface area contributed by atoms with Crippen LogP contribution in [0.25, 0.3) is 0 Å². The van der Waals surface area contributed by atoms with Crippen LogP contribution in [0.1, 0.15) is 5.56 Å². The van der Waals surface area contributed by atoms with Crippen molar-refractivity contribution in [2.75, 3.05) is 26.6 Å². The molecular weight excluding hydrogens is 384 g/mol. The Balaban J connectivity index is 2.06. The second kappa shape index (κ2) is 7.69. The third kappa shape index (κ3) is 3.81. The van der Waals surface area contributed by atoms with Crippen LogP contribution in [0.15, 0.2) is 58.9 Å². The molecule has 146 valence electrons. The number of carbonyl (C=O) groups excluding carboxylic acids is 1. The van der Waals surface area contributed by atoms with E-state index in [0.717, 1.165) is 4.31 Å². The van der Waals surface area contributed by atoms with E-state index in [-0.39, 0.29) is 11.4 Å². The zero-order valence-corrected chi connectivity index (χ0v) is 16.2. The van der Waals surface area contributed by atoms with Gasteiger partial charge in [-0.05, 0) is 36.4 Å². The highest BCUT2D eigenvalue weighted by molar-refractivity contribution is 7.88. The maximum atomic E-state index is 12.7. The number of anilines is 1. The van der Waals surface area contributed by atoms with Crippen LogP contribution in [-0.2, 0) is 15.0 Å². The Kier molecular flexibility index (Phi) is 5.32. The summed E-state index contributed by atoms with van der Waals surface area (Å²) in [5.41, 5.74) is 0.774. The Hall–Kier alpha value is -3.40. The van der Waals surface area contributed by atoms with Gasteiger partial charge >= 0.3 is 10.2 Å². The van der Waals surface area contributed by atoms with Gasteiger partial charge in [-0.15, -0.1) is 4.40 Å². The molecule has 2 aromatic rings. The summed E-state index contributed by atoms with van der Waals surface area (Å²) in [6.07, 6.45) is 4.39. The molecule has 1 aliphatic rings. The van der Waals surface area contributed by atoms with Crippen molar-refractivity contribution in [3.05, 3.63) is 60.1 Å². The van der Waals surface area contributed by atoms with Crippen LogP contribution in [0.4, 0.5) is 5.69 Å². The minimum Gasteiger partial charge on any atom is -0.497 e. The van der Waals surface area contributed by atoms with Crippen molar-refractivity contribution >= 4 is 27.5 Å². The topological polar surface area (TPSA) is 110 Å². The van der Waals surface area contributed by atoms with E-state index in [1.54, 1.807) is 36.5 Å². The molecule has 0 atom stereocenters. The van der Waals surface area contributed by atoms with Gasteiger partial charge in [0.1, 0.15) is 17.2 Å². The van der Waals surface area contributed by atoms with Gasteiger partial charge in [0.15, 0.2) is 0 Å². The monoisotopic (exact) mass is 402 g/mol. The molecule has 0 fully saturated rings. The number of aromatic nitrogens is 1. The molecule has 1 N–H and O–H groups in total. The summed E-state index contributed by atoms with van der Waals surface area (Å²) in [7, 11) is 0.0883. The molecule has 0 saturated heterocycles. The van der Waals surface area contributed by atoms with Crippen molar-refractivity contribution in [3.63, 3.8) is 0 Å². The lowest BCUT2D eigenvalue weighted by Crippen LogP contribution is -2.35. The Morgan fingerprint density at radius 3 is 2.61 bits per heavy atom. The van der Waals surface area contributed by atoms with Gasteiger partial charge in [0.25, 0.3) is 5.91 Å². The molecular formula is C18H18N4O5S. The largest absolute Gasteiger partial charge is 0.497 e. The molecule has 0 radical (unpaired) electrons. The van der Waals surface area contributed by atoms with E-state index in [2.05, 4.69) is 14.7 Å². The third-order valence-electron chi connectivity index (χ3n) is 4.01. The smallest absolute Gasteiger partial charge is 0.345 e. The van der Waals surface area contributed by atoms with Crippen LogP contribution in [0.5, 0.6) is 11.5 Å². The maximum Gasteiger partial charge on any atom is 0.345 e. The highest BCUT2D eigenvalue weighted by Gasteiger charge is 2.31. The molecule has 0 saturated carbocycles. The Labute approximate surface area is 162 Å². The zero-order valence-electron chi connectivity index (χ0n) is 15.4. The van der Waals surface area contributed by atoms with Crippen LogP contribution < -0.4 is 14.8 Å². The molecule has 0 aliphatic carbocycles. The normalized spacial score (nSPS) is 15.3. The minimum absolute atomic E-state index is 0.0604. The lowest BCUT2D eigenvalue weighted by Gasteiger charge is -2.24. The molecule has 1 amide bonds. The molecule has 0 spiro atoms. The number of carbonyl (C=O) groups is 1. The van der Waals surface area contributed by atoms with Gasteiger partial charge in [0, 0.05) is 18.8 Å². The lowest BCUT2D eigenvalue weighted by molar-refractivity contribution is -0.113. The summed E-state index contributed by atoms with van der Waals surface area (Å²) in [6, 6.07) is 8.19. The fourth-order valence-electron chi connectivity index (χ4n) is 2.54. The molecule has 28 heavy (non-hydrogen) atoms. The number of rotatable bonds is 5. The van der Waals surface area contributed by atoms with Crippen molar-refractivity contribution < 1.29 is 22.7 Å². The van der Waals surface area contributed by atoms with Crippen molar-refractivity contribution in [2.24, 2.45) is 4.40 Å². The molecule has 2 heterocycles. The second-order valence-corrected chi connectivity index (χ2v) is 7.34.